The SMILES string of the molecule is CCCCC(CC)CNC(=NCC(=O)N(C)C)N1CCC(CC(=O)NC)CC1. The van der Waals surface area contributed by atoms with Crippen LogP contribution in [0.3, 0.4) is 0 Å². The molecule has 1 heterocycles. The lowest BCUT2D eigenvalue weighted by Gasteiger charge is -2.34. The molecule has 0 spiro atoms. The van der Waals surface area contributed by atoms with Gasteiger partial charge in [-0.2, -0.15) is 0 Å². The third kappa shape index (κ3) is 8.93. The summed E-state index contributed by atoms with van der Waals surface area (Å²) in [6.07, 6.45) is 7.37. The molecule has 0 aliphatic carbocycles. The maximum Gasteiger partial charge on any atom is 0.243 e. The largest absolute Gasteiger partial charge is 0.359 e. The summed E-state index contributed by atoms with van der Waals surface area (Å²) in [5, 5.41) is 6.25. The minimum absolute atomic E-state index is 0.00632. The molecule has 0 bridgehead atoms. The van der Waals surface area contributed by atoms with Crippen molar-refractivity contribution in [2.45, 2.75) is 58.8 Å². The molecule has 1 unspecified atom stereocenters. The van der Waals surface area contributed by atoms with Gasteiger partial charge in [-0.1, -0.05) is 33.1 Å². The quantitative estimate of drug-likeness (QED) is 0.439. The highest BCUT2D eigenvalue weighted by atomic mass is 16.2. The van der Waals surface area contributed by atoms with Gasteiger partial charge < -0.3 is 20.4 Å². The van der Waals surface area contributed by atoms with E-state index in [0.717, 1.165) is 44.9 Å². The average molecular weight is 396 g/mol. The van der Waals surface area contributed by atoms with Crippen LogP contribution < -0.4 is 10.6 Å². The molecule has 0 aromatic heterocycles. The zero-order valence-electron chi connectivity index (χ0n) is 18.6. The summed E-state index contributed by atoms with van der Waals surface area (Å²) in [6, 6.07) is 0. The maximum absolute atomic E-state index is 12.0. The summed E-state index contributed by atoms with van der Waals surface area (Å²) in [7, 11) is 5.21. The first-order valence-corrected chi connectivity index (χ1v) is 10.8. The van der Waals surface area contributed by atoms with Crippen LogP contribution >= 0.6 is 0 Å². The molecule has 1 rings (SSSR count). The van der Waals surface area contributed by atoms with E-state index in [0.29, 0.717) is 18.3 Å². The summed E-state index contributed by atoms with van der Waals surface area (Å²) in [6.45, 7) is 7.26. The molecular formula is C21H41N5O2. The number of likely N-dealkylation sites (tertiary alicyclic amines) is 1. The van der Waals surface area contributed by atoms with Gasteiger partial charge in [0.25, 0.3) is 0 Å². The van der Waals surface area contributed by atoms with Crippen LogP contribution in [0, 0.1) is 11.8 Å². The molecule has 0 saturated carbocycles. The zero-order valence-corrected chi connectivity index (χ0v) is 18.6. The highest BCUT2D eigenvalue weighted by molar-refractivity contribution is 5.85. The summed E-state index contributed by atoms with van der Waals surface area (Å²) < 4.78 is 0. The van der Waals surface area contributed by atoms with E-state index in [1.54, 1.807) is 26.0 Å². The lowest BCUT2D eigenvalue weighted by molar-refractivity contribution is -0.127. The van der Waals surface area contributed by atoms with Gasteiger partial charge in [0.2, 0.25) is 11.8 Å². The predicted molar refractivity (Wildman–Crippen MR) is 115 cm³/mol. The Morgan fingerprint density at radius 3 is 2.43 bits per heavy atom. The number of carbonyl (C=O) groups is 2. The molecule has 1 aliphatic rings. The van der Waals surface area contributed by atoms with E-state index in [1.165, 1.54) is 19.3 Å². The Morgan fingerprint density at radius 2 is 1.89 bits per heavy atom. The van der Waals surface area contributed by atoms with Crippen molar-refractivity contribution in [3.05, 3.63) is 0 Å². The summed E-state index contributed by atoms with van der Waals surface area (Å²) >= 11 is 0. The summed E-state index contributed by atoms with van der Waals surface area (Å²) in [4.78, 5) is 32.1. The van der Waals surface area contributed by atoms with Gasteiger partial charge in [-0.15, -0.1) is 0 Å². The molecule has 28 heavy (non-hydrogen) atoms. The Labute approximate surface area is 171 Å². The Kier molecular flexibility index (Phi) is 11.6. The van der Waals surface area contributed by atoms with Gasteiger partial charge in [-0.05, 0) is 31.1 Å². The topological polar surface area (TPSA) is 77.0 Å². The van der Waals surface area contributed by atoms with Crippen molar-refractivity contribution in [1.82, 2.24) is 20.4 Å². The number of amides is 2. The molecule has 0 aromatic carbocycles. The molecule has 0 aromatic rings. The first kappa shape index (κ1) is 24.2. The molecule has 7 nitrogen and oxygen atoms in total. The van der Waals surface area contributed by atoms with Gasteiger partial charge in [0, 0.05) is 47.2 Å². The van der Waals surface area contributed by atoms with Gasteiger partial charge in [-0.25, -0.2) is 4.99 Å². The Hall–Kier alpha value is -1.79. The molecule has 1 aliphatic heterocycles. The van der Waals surface area contributed by atoms with Crippen LogP contribution in [-0.4, -0.2) is 74.9 Å². The number of nitrogens with one attached hydrogen (secondary N) is 2. The lowest BCUT2D eigenvalue weighted by atomic mass is 9.93. The highest BCUT2D eigenvalue weighted by Crippen LogP contribution is 2.20. The second kappa shape index (κ2) is 13.4. The van der Waals surface area contributed by atoms with E-state index in [9.17, 15) is 9.59 Å². The standard InChI is InChI=1S/C21H41N5O2/c1-6-8-9-17(7-2)15-23-21(24-16-20(28)25(4)5)26-12-10-18(11-13-26)14-19(27)22-3/h17-18H,6-16H2,1-5H3,(H,22,27)(H,23,24). The van der Waals surface area contributed by atoms with Gasteiger partial charge in [0.05, 0.1) is 0 Å². The average Bonchev–Trinajstić information content (AvgIpc) is 2.70. The van der Waals surface area contributed by atoms with Crippen LogP contribution in [0.1, 0.15) is 58.8 Å². The second-order valence-corrected chi connectivity index (χ2v) is 8.03. The Bertz CT molecular complexity index is 499. The van der Waals surface area contributed by atoms with E-state index < -0.39 is 0 Å². The summed E-state index contributed by atoms with van der Waals surface area (Å²) in [5.74, 6) is 2.01. The number of carbonyl (C=O) groups excluding carboxylic acids is 2. The summed E-state index contributed by atoms with van der Waals surface area (Å²) in [5.41, 5.74) is 0. The number of aliphatic imine (C=N–C) groups is 1. The van der Waals surface area contributed by atoms with Crippen molar-refractivity contribution >= 4 is 17.8 Å². The van der Waals surface area contributed by atoms with Crippen LogP contribution in [0.15, 0.2) is 4.99 Å². The zero-order chi connectivity index (χ0) is 20.9. The first-order valence-electron chi connectivity index (χ1n) is 10.8. The first-order chi connectivity index (χ1) is 13.4. The monoisotopic (exact) mass is 395 g/mol. The van der Waals surface area contributed by atoms with E-state index in [2.05, 4.69) is 34.4 Å². The van der Waals surface area contributed by atoms with Gasteiger partial charge in [0.15, 0.2) is 5.96 Å². The maximum atomic E-state index is 12.0. The number of rotatable bonds is 10. The number of nitrogens with zero attached hydrogens (tertiary/aromatic N) is 3. The van der Waals surface area contributed by atoms with Crippen molar-refractivity contribution in [2.24, 2.45) is 16.8 Å². The number of unbranched alkanes of at least 4 members (excludes halogenated alkanes) is 1. The van der Waals surface area contributed by atoms with Crippen LogP contribution in [0.2, 0.25) is 0 Å². The molecular weight excluding hydrogens is 354 g/mol. The Morgan fingerprint density at radius 1 is 1.21 bits per heavy atom. The lowest BCUT2D eigenvalue weighted by Crippen LogP contribution is -2.47. The van der Waals surface area contributed by atoms with E-state index in [4.69, 9.17) is 0 Å². The number of piperidine rings is 1. The minimum Gasteiger partial charge on any atom is -0.359 e. The molecule has 1 atom stereocenters. The minimum atomic E-state index is 0.00632. The molecule has 2 amide bonds. The van der Waals surface area contributed by atoms with E-state index >= 15 is 0 Å². The number of hydrogen-bond acceptors (Lipinski definition) is 3. The second-order valence-electron chi connectivity index (χ2n) is 8.03. The fourth-order valence-electron chi connectivity index (χ4n) is 3.44. The third-order valence-corrected chi connectivity index (χ3v) is 5.62. The molecule has 0 radical (unpaired) electrons. The number of hydrogen-bond donors (Lipinski definition) is 2. The van der Waals surface area contributed by atoms with Crippen molar-refractivity contribution in [2.75, 3.05) is 47.3 Å². The van der Waals surface area contributed by atoms with Crippen LogP contribution in [0.25, 0.3) is 0 Å². The molecule has 7 heteroatoms. The van der Waals surface area contributed by atoms with Crippen LogP contribution in [-0.2, 0) is 9.59 Å². The molecule has 162 valence electrons. The van der Waals surface area contributed by atoms with Crippen molar-refractivity contribution < 1.29 is 9.59 Å². The predicted octanol–water partition coefficient (Wildman–Crippen LogP) is 2.08. The van der Waals surface area contributed by atoms with Crippen molar-refractivity contribution in [3.63, 3.8) is 0 Å². The third-order valence-electron chi connectivity index (χ3n) is 5.62. The van der Waals surface area contributed by atoms with E-state index in [-0.39, 0.29) is 18.4 Å². The normalized spacial score (nSPS) is 16.6. The van der Waals surface area contributed by atoms with Gasteiger partial charge in [-0.3, -0.25) is 9.59 Å². The number of likely N-dealkylation sites (N-methyl/N-ethyl adjacent to an activating group) is 1. The van der Waals surface area contributed by atoms with Crippen LogP contribution in [0.4, 0.5) is 0 Å². The van der Waals surface area contributed by atoms with Gasteiger partial charge in [0.1, 0.15) is 6.54 Å². The Balaban J connectivity index is 2.69. The fourth-order valence-corrected chi connectivity index (χ4v) is 3.44. The fraction of sp³-hybridized carbons (Fsp3) is 0.857. The van der Waals surface area contributed by atoms with E-state index in [1.807, 2.05) is 0 Å². The molecule has 2 N–H and O–H groups in total. The number of guanidine groups is 1. The molecule has 1 fully saturated rings. The van der Waals surface area contributed by atoms with Crippen molar-refractivity contribution in [3.8, 4) is 0 Å². The van der Waals surface area contributed by atoms with Crippen molar-refractivity contribution in [1.29, 1.82) is 0 Å². The highest BCUT2D eigenvalue weighted by Gasteiger charge is 2.24. The van der Waals surface area contributed by atoms with Crippen LogP contribution in [0.5, 0.6) is 0 Å². The van der Waals surface area contributed by atoms with Gasteiger partial charge >= 0.3 is 0 Å². The smallest absolute Gasteiger partial charge is 0.243 e. The molecule has 1 saturated heterocycles.